The highest BCUT2D eigenvalue weighted by molar-refractivity contribution is 5.13. The van der Waals surface area contributed by atoms with E-state index < -0.39 is 0 Å². The first-order valence-corrected chi connectivity index (χ1v) is 5.77. The molecule has 0 heterocycles. The second-order valence-electron chi connectivity index (χ2n) is 3.77. The molecule has 1 rings (SSSR count). The maximum absolute atomic E-state index is 9.05. The largest absolute Gasteiger partial charge is 0.392 e. The first-order chi connectivity index (χ1) is 7.86. The molecule has 0 fully saturated rings. The van der Waals surface area contributed by atoms with Gasteiger partial charge in [-0.25, -0.2) is 0 Å². The third-order valence-electron chi connectivity index (χ3n) is 2.38. The molecule has 0 aliphatic rings. The lowest BCUT2D eigenvalue weighted by Crippen LogP contribution is -1.96. The fraction of sp³-hybridized carbons (Fsp3) is 0.429. The number of aliphatic hydroxyl groups excluding tert-OH is 1. The molecule has 2 nitrogen and oxygen atoms in total. The van der Waals surface area contributed by atoms with Gasteiger partial charge in [0.05, 0.1) is 19.8 Å². The average molecular weight is 220 g/mol. The molecule has 0 saturated carbocycles. The summed E-state index contributed by atoms with van der Waals surface area (Å²) in [4.78, 5) is 0. The zero-order valence-electron chi connectivity index (χ0n) is 9.86. The Labute approximate surface area is 97.6 Å². The Morgan fingerprint density at radius 1 is 1.31 bits per heavy atom. The van der Waals surface area contributed by atoms with Gasteiger partial charge in [0.25, 0.3) is 0 Å². The van der Waals surface area contributed by atoms with Crippen LogP contribution in [0.1, 0.15) is 25.3 Å². The minimum atomic E-state index is 0.141. The normalized spacial score (nSPS) is 11.8. The summed E-state index contributed by atoms with van der Waals surface area (Å²) in [6.07, 6.45) is 3.99. The van der Waals surface area contributed by atoms with Crippen molar-refractivity contribution in [3.8, 4) is 0 Å². The van der Waals surface area contributed by atoms with Crippen molar-refractivity contribution in [2.24, 2.45) is 0 Å². The second-order valence-corrected chi connectivity index (χ2v) is 3.77. The molecule has 0 spiro atoms. The Morgan fingerprint density at radius 2 is 2.06 bits per heavy atom. The van der Waals surface area contributed by atoms with Gasteiger partial charge in [-0.3, -0.25) is 0 Å². The smallest absolute Gasteiger partial charge is 0.0721 e. The molecule has 0 unspecified atom stereocenters. The van der Waals surface area contributed by atoms with Gasteiger partial charge in [-0.15, -0.1) is 0 Å². The topological polar surface area (TPSA) is 29.5 Å². The lowest BCUT2D eigenvalue weighted by atomic mass is 10.1. The van der Waals surface area contributed by atoms with E-state index in [1.165, 1.54) is 5.56 Å². The molecule has 2 heteroatoms. The van der Waals surface area contributed by atoms with E-state index in [2.05, 4.69) is 6.92 Å². The van der Waals surface area contributed by atoms with E-state index in [-0.39, 0.29) is 6.61 Å². The van der Waals surface area contributed by atoms with Crippen LogP contribution in [-0.2, 0) is 11.3 Å². The van der Waals surface area contributed by atoms with Crippen molar-refractivity contribution < 1.29 is 9.84 Å². The van der Waals surface area contributed by atoms with Crippen molar-refractivity contribution in [3.63, 3.8) is 0 Å². The van der Waals surface area contributed by atoms with Crippen LogP contribution in [0.3, 0.4) is 0 Å². The van der Waals surface area contributed by atoms with Gasteiger partial charge < -0.3 is 9.84 Å². The van der Waals surface area contributed by atoms with Gasteiger partial charge in [-0.2, -0.15) is 0 Å². The number of ether oxygens (including phenoxy) is 1. The molecule has 16 heavy (non-hydrogen) atoms. The number of benzene rings is 1. The Bertz CT molecular complexity index is 304. The number of aliphatic hydroxyl groups is 1. The summed E-state index contributed by atoms with van der Waals surface area (Å²) in [5.41, 5.74) is 2.24. The Kier molecular flexibility index (Phi) is 6.54. The van der Waals surface area contributed by atoms with Crippen molar-refractivity contribution in [1.82, 2.24) is 0 Å². The van der Waals surface area contributed by atoms with Crippen LogP contribution in [0.15, 0.2) is 42.0 Å². The summed E-state index contributed by atoms with van der Waals surface area (Å²) in [5, 5.41) is 9.05. The van der Waals surface area contributed by atoms with Crippen molar-refractivity contribution in [3.05, 3.63) is 47.5 Å². The van der Waals surface area contributed by atoms with Crippen molar-refractivity contribution in [2.75, 3.05) is 13.2 Å². The molecule has 0 amide bonds. The van der Waals surface area contributed by atoms with E-state index in [1.807, 2.05) is 36.4 Å². The quantitative estimate of drug-likeness (QED) is 0.565. The lowest BCUT2D eigenvalue weighted by Gasteiger charge is -2.04. The first-order valence-electron chi connectivity index (χ1n) is 5.77. The minimum Gasteiger partial charge on any atom is -0.392 e. The van der Waals surface area contributed by atoms with Crippen LogP contribution in [0.4, 0.5) is 0 Å². The molecule has 1 aromatic rings. The van der Waals surface area contributed by atoms with Crippen molar-refractivity contribution in [2.45, 2.75) is 26.4 Å². The molecule has 0 bridgehead atoms. The SMILES string of the molecule is CCC/C(=C\COCc1ccccc1)CO. The Morgan fingerprint density at radius 3 is 2.69 bits per heavy atom. The maximum atomic E-state index is 9.05. The number of hydrogen-bond donors (Lipinski definition) is 1. The van der Waals surface area contributed by atoms with Crippen LogP contribution in [0.2, 0.25) is 0 Å². The predicted molar refractivity (Wildman–Crippen MR) is 66.2 cm³/mol. The monoisotopic (exact) mass is 220 g/mol. The van der Waals surface area contributed by atoms with Crippen molar-refractivity contribution in [1.29, 1.82) is 0 Å². The van der Waals surface area contributed by atoms with E-state index in [0.717, 1.165) is 18.4 Å². The molecule has 0 atom stereocenters. The second kappa shape index (κ2) is 8.08. The van der Waals surface area contributed by atoms with Gasteiger partial charge in [0.15, 0.2) is 0 Å². The highest BCUT2D eigenvalue weighted by Crippen LogP contribution is 2.04. The molecule has 1 N–H and O–H groups in total. The number of rotatable bonds is 7. The molecule has 88 valence electrons. The fourth-order valence-electron chi connectivity index (χ4n) is 1.49. The highest BCUT2D eigenvalue weighted by Gasteiger charge is 1.94. The zero-order chi connectivity index (χ0) is 11.6. The molecular formula is C14H20O2. The van der Waals surface area contributed by atoms with Gasteiger partial charge in [-0.05, 0) is 17.6 Å². The third kappa shape index (κ3) is 5.10. The maximum Gasteiger partial charge on any atom is 0.0721 e. The first kappa shape index (κ1) is 12.9. The summed E-state index contributed by atoms with van der Waals surface area (Å²) < 4.78 is 5.51. The average Bonchev–Trinajstić information content (AvgIpc) is 2.34. The van der Waals surface area contributed by atoms with Crippen LogP contribution < -0.4 is 0 Å². The van der Waals surface area contributed by atoms with E-state index in [9.17, 15) is 0 Å². The molecule has 0 aliphatic heterocycles. The van der Waals surface area contributed by atoms with Crippen LogP contribution in [0.25, 0.3) is 0 Å². The number of hydrogen-bond acceptors (Lipinski definition) is 2. The summed E-state index contributed by atoms with van der Waals surface area (Å²) in [7, 11) is 0. The van der Waals surface area contributed by atoms with Gasteiger partial charge >= 0.3 is 0 Å². The third-order valence-corrected chi connectivity index (χ3v) is 2.38. The van der Waals surface area contributed by atoms with E-state index >= 15 is 0 Å². The Hall–Kier alpha value is -1.12. The zero-order valence-corrected chi connectivity index (χ0v) is 9.86. The van der Waals surface area contributed by atoms with Crippen LogP contribution in [-0.4, -0.2) is 18.3 Å². The predicted octanol–water partition coefficient (Wildman–Crippen LogP) is 2.92. The van der Waals surface area contributed by atoms with Crippen molar-refractivity contribution >= 4 is 0 Å². The van der Waals surface area contributed by atoms with E-state index in [4.69, 9.17) is 9.84 Å². The lowest BCUT2D eigenvalue weighted by molar-refractivity contribution is 0.147. The van der Waals surface area contributed by atoms with E-state index in [0.29, 0.717) is 13.2 Å². The molecular weight excluding hydrogens is 200 g/mol. The van der Waals surface area contributed by atoms with E-state index in [1.54, 1.807) is 0 Å². The Balaban J connectivity index is 2.25. The minimum absolute atomic E-state index is 0.141. The van der Waals surface area contributed by atoms with Gasteiger partial charge in [-0.1, -0.05) is 49.8 Å². The molecule has 0 radical (unpaired) electrons. The molecule has 0 aliphatic carbocycles. The summed E-state index contributed by atoms with van der Waals surface area (Å²) in [6, 6.07) is 10.1. The summed E-state index contributed by atoms with van der Waals surface area (Å²) >= 11 is 0. The molecule has 1 aromatic carbocycles. The summed E-state index contributed by atoms with van der Waals surface area (Å²) in [5.74, 6) is 0. The molecule has 0 saturated heterocycles. The highest BCUT2D eigenvalue weighted by atomic mass is 16.5. The van der Waals surface area contributed by atoms with Gasteiger partial charge in [0, 0.05) is 0 Å². The summed E-state index contributed by atoms with van der Waals surface area (Å²) in [6.45, 7) is 3.45. The van der Waals surface area contributed by atoms with Gasteiger partial charge in [0.2, 0.25) is 0 Å². The van der Waals surface area contributed by atoms with Crippen LogP contribution >= 0.6 is 0 Å². The van der Waals surface area contributed by atoms with Crippen LogP contribution in [0.5, 0.6) is 0 Å². The van der Waals surface area contributed by atoms with Crippen LogP contribution in [0, 0.1) is 0 Å². The van der Waals surface area contributed by atoms with Gasteiger partial charge in [0.1, 0.15) is 0 Å². The molecule has 0 aromatic heterocycles. The fourth-order valence-corrected chi connectivity index (χ4v) is 1.49. The standard InChI is InChI=1S/C14H20O2/c1-2-6-13(11-15)9-10-16-12-14-7-4-3-5-8-14/h3-5,7-9,15H,2,6,10-12H2,1H3/b13-9+.